The third kappa shape index (κ3) is 3.36. The van der Waals surface area contributed by atoms with Crippen molar-refractivity contribution in [3.05, 3.63) is 71.5 Å². The predicted octanol–water partition coefficient (Wildman–Crippen LogP) is 4.34. The maximum atomic E-state index is 14.5. The van der Waals surface area contributed by atoms with E-state index < -0.39 is 0 Å². The summed E-state index contributed by atoms with van der Waals surface area (Å²) in [6, 6.07) is 17.9. The Labute approximate surface area is 149 Å². The van der Waals surface area contributed by atoms with Gasteiger partial charge >= 0.3 is 0 Å². The zero-order chi connectivity index (χ0) is 17.2. The van der Waals surface area contributed by atoms with E-state index in [9.17, 15) is 9.50 Å². The number of aliphatic hydroxyl groups is 1. The van der Waals surface area contributed by atoms with Crippen LogP contribution in [0, 0.1) is 11.7 Å². The first kappa shape index (κ1) is 16.7. The number of benzene rings is 2. The topological polar surface area (TPSA) is 23.5 Å². The van der Waals surface area contributed by atoms with Crippen LogP contribution in [0.25, 0.3) is 0 Å². The zero-order valence-corrected chi connectivity index (χ0v) is 14.5. The quantitative estimate of drug-likeness (QED) is 0.899. The van der Waals surface area contributed by atoms with E-state index in [1.54, 1.807) is 12.1 Å². The molecule has 0 amide bonds. The third-order valence-corrected chi connectivity index (χ3v) is 6.04. The van der Waals surface area contributed by atoms with E-state index in [1.807, 2.05) is 18.2 Å². The summed E-state index contributed by atoms with van der Waals surface area (Å²) in [7, 11) is 0. The smallest absolute Gasteiger partial charge is 0.126 e. The van der Waals surface area contributed by atoms with Crippen LogP contribution in [-0.2, 0) is 6.54 Å². The number of likely N-dealkylation sites (tertiary alicyclic amines) is 1. The molecule has 1 saturated carbocycles. The monoisotopic (exact) mass is 339 g/mol. The first-order valence-electron chi connectivity index (χ1n) is 9.44. The Morgan fingerprint density at radius 2 is 1.68 bits per heavy atom. The second-order valence-corrected chi connectivity index (χ2v) is 7.54. The number of fused-ring (bicyclic) bond motifs is 1. The molecule has 4 rings (SSSR count). The summed E-state index contributed by atoms with van der Waals surface area (Å²) in [6.07, 6.45) is 3.81. The molecule has 2 aromatic carbocycles. The highest BCUT2D eigenvalue weighted by Gasteiger charge is 2.46. The minimum atomic E-state index is -0.335. The molecule has 3 heteroatoms. The molecule has 0 radical (unpaired) electrons. The molecule has 132 valence electrons. The van der Waals surface area contributed by atoms with Crippen molar-refractivity contribution in [1.82, 2.24) is 4.90 Å². The van der Waals surface area contributed by atoms with Crippen molar-refractivity contribution in [2.75, 3.05) is 6.54 Å². The average molecular weight is 339 g/mol. The van der Waals surface area contributed by atoms with Crippen molar-refractivity contribution in [3.8, 4) is 0 Å². The maximum absolute atomic E-state index is 14.5. The lowest BCUT2D eigenvalue weighted by atomic mass is 9.80. The van der Waals surface area contributed by atoms with Crippen LogP contribution >= 0.6 is 0 Å². The van der Waals surface area contributed by atoms with Gasteiger partial charge in [-0.15, -0.1) is 0 Å². The standard InChI is InChI=1S/C22H26FNO/c23-19-11-5-4-10-17(19)18-15-24(14-16-8-2-1-3-9-16)20-12-6-7-13-21(25)22(18)20/h1-5,8-11,18,20-22,25H,6-7,12-15H2/t18-,20+,21+,22-/m1/s1. The molecule has 1 saturated heterocycles. The number of nitrogens with zero attached hydrogens (tertiary/aromatic N) is 1. The van der Waals surface area contributed by atoms with Gasteiger partial charge in [0.25, 0.3) is 0 Å². The fourth-order valence-electron chi connectivity index (χ4n) is 4.90. The lowest BCUT2D eigenvalue weighted by Gasteiger charge is -2.29. The first-order chi connectivity index (χ1) is 12.2. The van der Waals surface area contributed by atoms with Crippen molar-refractivity contribution < 1.29 is 9.50 Å². The zero-order valence-electron chi connectivity index (χ0n) is 14.5. The molecule has 2 fully saturated rings. The minimum absolute atomic E-state index is 0.0722. The molecule has 4 atom stereocenters. The Balaban J connectivity index is 1.66. The third-order valence-electron chi connectivity index (χ3n) is 6.04. The lowest BCUT2D eigenvalue weighted by Crippen LogP contribution is -2.36. The van der Waals surface area contributed by atoms with E-state index in [0.29, 0.717) is 6.04 Å². The molecule has 0 spiro atoms. The van der Waals surface area contributed by atoms with Gasteiger partial charge in [0.15, 0.2) is 0 Å². The largest absolute Gasteiger partial charge is 0.393 e. The molecular weight excluding hydrogens is 313 g/mol. The maximum Gasteiger partial charge on any atom is 0.126 e. The van der Waals surface area contributed by atoms with Gasteiger partial charge in [-0.1, -0.05) is 61.4 Å². The summed E-state index contributed by atoms with van der Waals surface area (Å²) in [5.41, 5.74) is 2.06. The average Bonchev–Trinajstić information content (AvgIpc) is 2.86. The van der Waals surface area contributed by atoms with Crippen LogP contribution in [0.1, 0.15) is 42.7 Å². The predicted molar refractivity (Wildman–Crippen MR) is 97.7 cm³/mol. The Morgan fingerprint density at radius 3 is 2.48 bits per heavy atom. The van der Waals surface area contributed by atoms with E-state index in [-0.39, 0.29) is 23.8 Å². The van der Waals surface area contributed by atoms with E-state index in [4.69, 9.17) is 0 Å². The minimum Gasteiger partial charge on any atom is -0.393 e. The van der Waals surface area contributed by atoms with Gasteiger partial charge in [-0.25, -0.2) is 4.39 Å². The van der Waals surface area contributed by atoms with Crippen LogP contribution in [0.2, 0.25) is 0 Å². The fourth-order valence-corrected chi connectivity index (χ4v) is 4.90. The number of halogens is 1. The highest BCUT2D eigenvalue weighted by molar-refractivity contribution is 5.26. The summed E-state index contributed by atoms with van der Waals surface area (Å²) in [6.45, 7) is 1.70. The number of rotatable bonds is 3. The Morgan fingerprint density at radius 1 is 0.960 bits per heavy atom. The van der Waals surface area contributed by atoms with Gasteiger partial charge in [0, 0.05) is 31.0 Å². The Kier molecular flexibility index (Phi) is 4.87. The molecule has 2 aliphatic rings. The van der Waals surface area contributed by atoms with Crippen molar-refractivity contribution in [1.29, 1.82) is 0 Å². The fraction of sp³-hybridized carbons (Fsp3) is 0.455. The molecule has 1 N–H and O–H groups in total. The van der Waals surface area contributed by atoms with Crippen LogP contribution in [-0.4, -0.2) is 28.7 Å². The molecule has 1 aliphatic carbocycles. The van der Waals surface area contributed by atoms with Gasteiger partial charge in [0.2, 0.25) is 0 Å². The normalized spacial score (nSPS) is 30.0. The van der Waals surface area contributed by atoms with E-state index in [0.717, 1.165) is 44.3 Å². The highest BCUT2D eigenvalue weighted by atomic mass is 19.1. The summed E-state index contributed by atoms with van der Waals surface area (Å²) in [5, 5.41) is 10.8. The number of aliphatic hydroxyl groups excluding tert-OH is 1. The molecule has 1 heterocycles. The van der Waals surface area contributed by atoms with E-state index in [2.05, 4.69) is 29.2 Å². The molecule has 0 unspecified atom stereocenters. The summed E-state index contributed by atoms with van der Waals surface area (Å²) in [5.74, 6) is 0.0652. The van der Waals surface area contributed by atoms with Gasteiger partial charge in [-0.05, 0) is 30.0 Å². The number of hydrogen-bond donors (Lipinski definition) is 1. The van der Waals surface area contributed by atoms with Gasteiger partial charge in [-0.2, -0.15) is 0 Å². The van der Waals surface area contributed by atoms with Gasteiger partial charge in [0.05, 0.1) is 6.10 Å². The summed E-state index contributed by atoms with van der Waals surface area (Å²) >= 11 is 0. The lowest BCUT2D eigenvalue weighted by molar-refractivity contribution is 0.0750. The number of hydrogen-bond acceptors (Lipinski definition) is 2. The van der Waals surface area contributed by atoms with Crippen LogP contribution in [0.3, 0.4) is 0 Å². The highest BCUT2D eigenvalue weighted by Crippen LogP contribution is 2.45. The molecule has 0 aromatic heterocycles. The van der Waals surface area contributed by atoms with Crippen LogP contribution in [0.4, 0.5) is 4.39 Å². The molecule has 1 aliphatic heterocycles. The van der Waals surface area contributed by atoms with Crippen molar-refractivity contribution in [2.24, 2.45) is 5.92 Å². The van der Waals surface area contributed by atoms with Crippen LogP contribution < -0.4 is 0 Å². The molecule has 2 nitrogen and oxygen atoms in total. The Bertz CT molecular complexity index is 704. The molecule has 2 aromatic rings. The Hall–Kier alpha value is -1.71. The second-order valence-electron chi connectivity index (χ2n) is 7.54. The molecular formula is C22H26FNO. The van der Waals surface area contributed by atoms with E-state index >= 15 is 0 Å². The van der Waals surface area contributed by atoms with Crippen LogP contribution in [0.5, 0.6) is 0 Å². The van der Waals surface area contributed by atoms with Gasteiger partial charge in [-0.3, -0.25) is 4.90 Å². The van der Waals surface area contributed by atoms with Gasteiger partial charge < -0.3 is 5.11 Å². The van der Waals surface area contributed by atoms with Crippen LogP contribution in [0.15, 0.2) is 54.6 Å². The molecule has 25 heavy (non-hydrogen) atoms. The summed E-state index contributed by atoms with van der Waals surface area (Å²) in [4.78, 5) is 2.48. The molecule has 0 bridgehead atoms. The van der Waals surface area contributed by atoms with Crippen molar-refractivity contribution in [3.63, 3.8) is 0 Å². The van der Waals surface area contributed by atoms with Crippen molar-refractivity contribution in [2.45, 2.75) is 50.3 Å². The second kappa shape index (κ2) is 7.27. The SMILES string of the molecule is O[C@H]1CCCC[C@H]2[C@H]1[C@@H](c1ccccc1F)CN2Cc1ccccc1. The van der Waals surface area contributed by atoms with Gasteiger partial charge in [0.1, 0.15) is 5.82 Å². The van der Waals surface area contributed by atoms with E-state index in [1.165, 1.54) is 5.56 Å². The van der Waals surface area contributed by atoms with Crippen molar-refractivity contribution >= 4 is 0 Å². The summed E-state index contributed by atoms with van der Waals surface area (Å²) < 4.78 is 14.5. The first-order valence-corrected chi connectivity index (χ1v) is 9.44.